The Bertz CT molecular complexity index is 659. The van der Waals surface area contributed by atoms with Crippen LogP contribution in [0.2, 0.25) is 0 Å². The summed E-state index contributed by atoms with van der Waals surface area (Å²) in [7, 11) is 3.47. The Morgan fingerprint density at radius 3 is 2.75 bits per heavy atom. The van der Waals surface area contributed by atoms with Crippen LogP contribution in [0.3, 0.4) is 0 Å². The van der Waals surface area contributed by atoms with Gasteiger partial charge in [0.25, 0.3) is 0 Å². The van der Waals surface area contributed by atoms with E-state index in [0.717, 1.165) is 41.5 Å². The van der Waals surface area contributed by atoms with Crippen molar-refractivity contribution in [3.63, 3.8) is 0 Å². The van der Waals surface area contributed by atoms with Gasteiger partial charge in [0.05, 0.1) is 19.3 Å². The Morgan fingerprint density at radius 1 is 1.33 bits per heavy atom. The van der Waals surface area contributed by atoms with Gasteiger partial charge in [-0.1, -0.05) is 6.07 Å². The molecule has 24 heavy (non-hydrogen) atoms. The number of hydrogen-bond donors (Lipinski definition) is 2. The van der Waals surface area contributed by atoms with Crippen LogP contribution in [0.25, 0.3) is 0 Å². The summed E-state index contributed by atoms with van der Waals surface area (Å²) < 4.78 is 5.44. The van der Waals surface area contributed by atoms with E-state index in [-0.39, 0.29) is 24.0 Å². The predicted molar refractivity (Wildman–Crippen MR) is 112 cm³/mol. The SMILES string of the molecule is CN=C(NCCc1cccs1)NCc1ncc(C)c(OC)c1C.I. The molecule has 0 saturated carbocycles. The van der Waals surface area contributed by atoms with Crippen molar-refractivity contribution < 1.29 is 4.74 Å². The van der Waals surface area contributed by atoms with E-state index in [0.29, 0.717) is 6.54 Å². The van der Waals surface area contributed by atoms with Gasteiger partial charge in [-0.3, -0.25) is 9.98 Å². The molecule has 2 N–H and O–H groups in total. The maximum Gasteiger partial charge on any atom is 0.191 e. The Hall–Kier alpha value is -1.35. The van der Waals surface area contributed by atoms with E-state index in [9.17, 15) is 0 Å². The third-order valence-electron chi connectivity index (χ3n) is 3.64. The lowest BCUT2D eigenvalue weighted by Crippen LogP contribution is -2.38. The van der Waals surface area contributed by atoms with E-state index in [1.165, 1.54) is 4.88 Å². The van der Waals surface area contributed by atoms with Gasteiger partial charge in [0.1, 0.15) is 5.75 Å². The average Bonchev–Trinajstić information content (AvgIpc) is 3.06. The molecule has 0 aliphatic carbocycles. The zero-order valence-corrected chi connectivity index (χ0v) is 17.7. The van der Waals surface area contributed by atoms with Crippen LogP contribution in [-0.4, -0.2) is 31.6 Å². The van der Waals surface area contributed by atoms with Crippen molar-refractivity contribution in [1.82, 2.24) is 15.6 Å². The molecule has 0 amide bonds. The van der Waals surface area contributed by atoms with Gasteiger partial charge in [0.15, 0.2) is 5.96 Å². The fourth-order valence-electron chi connectivity index (χ4n) is 2.40. The first-order valence-electron chi connectivity index (χ1n) is 7.61. The minimum Gasteiger partial charge on any atom is -0.496 e. The highest BCUT2D eigenvalue weighted by Crippen LogP contribution is 2.23. The molecule has 7 heteroatoms. The molecule has 5 nitrogen and oxygen atoms in total. The van der Waals surface area contributed by atoms with E-state index >= 15 is 0 Å². The second kappa shape index (κ2) is 10.5. The number of rotatable bonds is 6. The van der Waals surface area contributed by atoms with Crippen LogP contribution in [-0.2, 0) is 13.0 Å². The summed E-state index contributed by atoms with van der Waals surface area (Å²) in [6.45, 7) is 5.49. The molecule has 2 aromatic rings. The number of nitrogens with one attached hydrogen (secondary N) is 2. The van der Waals surface area contributed by atoms with Gasteiger partial charge < -0.3 is 15.4 Å². The van der Waals surface area contributed by atoms with E-state index in [1.807, 2.05) is 20.0 Å². The first-order chi connectivity index (χ1) is 11.2. The highest BCUT2D eigenvalue weighted by atomic mass is 127. The third kappa shape index (κ3) is 5.62. The number of aromatic nitrogens is 1. The molecule has 0 aliphatic rings. The Labute approximate surface area is 165 Å². The Balaban J connectivity index is 0.00000288. The minimum absolute atomic E-state index is 0. The number of ether oxygens (including phenoxy) is 1. The van der Waals surface area contributed by atoms with Crippen LogP contribution in [0.15, 0.2) is 28.7 Å². The highest BCUT2D eigenvalue weighted by Gasteiger charge is 2.09. The molecular formula is C17H25IN4OS. The average molecular weight is 460 g/mol. The van der Waals surface area contributed by atoms with Crippen LogP contribution < -0.4 is 15.4 Å². The van der Waals surface area contributed by atoms with Crippen molar-refractivity contribution in [1.29, 1.82) is 0 Å². The lowest BCUT2D eigenvalue weighted by atomic mass is 10.1. The summed E-state index contributed by atoms with van der Waals surface area (Å²) in [5, 5.41) is 8.72. The van der Waals surface area contributed by atoms with Crippen molar-refractivity contribution in [2.45, 2.75) is 26.8 Å². The molecule has 0 atom stereocenters. The van der Waals surface area contributed by atoms with E-state index in [2.05, 4.69) is 38.1 Å². The monoisotopic (exact) mass is 460 g/mol. The molecule has 2 aromatic heterocycles. The molecule has 2 heterocycles. The Morgan fingerprint density at radius 2 is 2.12 bits per heavy atom. The number of methoxy groups -OCH3 is 1. The first kappa shape index (κ1) is 20.7. The van der Waals surface area contributed by atoms with Gasteiger partial charge in [-0.05, 0) is 31.7 Å². The van der Waals surface area contributed by atoms with Crippen molar-refractivity contribution in [2.75, 3.05) is 20.7 Å². The van der Waals surface area contributed by atoms with Gasteiger partial charge in [-0.25, -0.2) is 0 Å². The first-order valence-corrected chi connectivity index (χ1v) is 8.49. The van der Waals surface area contributed by atoms with E-state index in [4.69, 9.17) is 4.74 Å². The van der Waals surface area contributed by atoms with Crippen molar-refractivity contribution >= 4 is 41.3 Å². The second-order valence-electron chi connectivity index (χ2n) is 5.23. The van der Waals surface area contributed by atoms with E-state index in [1.54, 1.807) is 25.5 Å². The molecular weight excluding hydrogens is 435 g/mol. The topological polar surface area (TPSA) is 58.5 Å². The zero-order chi connectivity index (χ0) is 16.7. The van der Waals surface area contributed by atoms with Crippen LogP contribution in [0.4, 0.5) is 0 Å². The number of aryl methyl sites for hydroxylation is 1. The van der Waals surface area contributed by atoms with Crippen molar-refractivity contribution in [3.8, 4) is 5.75 Å². The van der Waals surface area contributed by atoms with Crippen LogP contribution in [0.5, 0.6) is 5.75 Å². The molecule has 0 spiro atoms. The molecule has 0 fully saturated rings. The number of hydrogen-bond acceptors (Lipinski definition) is 4. The summed E-state index contributed by atoms with van der Waals surface area (Å²) >= 11 is 1.78. The molecule has 0 radical (unpaired) electrons. The molecule has 0 unspecified atom stereocenters. The summed E-state index contributed by atoms with van der Waals surface area (Å²) in [6.07, 6.45) is 2.84. The van der Waals surface area contributed by atoms with Gasteiger partial charge in [-0.2, -0.15) is 0 Å². The number of pyridine rings is 1. The fourth-order valence-corrected chi connectivity index (χ4v) is 3.11. The number of thiophene rings is 1. The number of guanidine groups is 1. The summed E-state index contributed by atoms with van der Waals surface area (Å²) in [4.78, 5) is 10.1. The smallest absolute Gasteiger partial charge is 0.191 e. The Kier molecular flexibility index (Phi) is 9.05. The largest absolute Gasteiger partial charge is 0.496 e. The minimum atomic E-state index is 0. The van der Waals surface area contributed by atoms with E-state index < -0.39 is 0 Å². The molecule has 132 valence electrons. The quantitative estimate of drug-likeness (QED) is 0.395. The molecule has 0 aliphatic heterocycles. The van der Waals surface area contributed by atoms with Crippen molar-refractivity contribution in [2.24, 2.45) is 4.99 Å². The fraction of sp³-hybridized carbons (Fsp3) is 0.412. The summed E-state index contributed by atoms with van der Waals surface area (Å²) in [5.41, 5.74) is 3.08. The summed E-state index contributed by atoms with van der Waals surface area (Å²) in [6, 6.07) is 4.22. The normalized spacial score (nSPS) is 10.9. The highest BCUT2D eigenvalue weighted by molar-refractivity contribution is 14.0. The van der Waals surface area contributed by atoms with Gasteiger partial charge >= 0.3 is 0 Å². The van der Waals surface area contributed by atoms with Crippen LogP contribution in [0, 0.1) is 13.8 Å². The third-order valence-corrected chi connectivity index (χ3v) is 4.58. The zero-order valence-electron chi connectivity index (χ0n) is 14.5. The lowest BCUT2D eigenvalue weighted by molar-refractivity contribution is 0.406. The molecule has 0 aromatic carbocycles. The van der Waals surface area contributed by atoms with Gasteiger partial charge in [0.2, 0.25) is 0 Å². The maximum atomic E-state index is 5.44. The lowest BCUT2D eigenvalue weighted by Gasteiger charge is -2.15. The second-order valence-corrected chi connectivity index (χ2v) is 6.26. The summed E-state index contributed by atoms with van der Waals surface area (Å²) in [5.74, 6) is 1.68. The number of nitrogens with zero attached hydrogens (tertiary/aromatic N) is 2. The number of aliphatic imine (C=N–C) groups is 1. The molecule has 0 saturated heterocycles. The molecule has 2 rings (SSSR count). The van der Waals surface area contributed by atoms with Gasteiger partial charge in [0, 0.05) is 35.8 Å². The standard InChI is InChI=1S/C17H24N4OS.HI/c1-12-10-20-15(13(2)16(12)22-4)11-21-17(18-3)19-8-7-14-6-5-9-23-14;/h5-6,9-10H,7-8,11H2,1-4H3,(H2,18,19,21);1H. The maximum absolute atomic E-state index is 5.44. The predicted octanol–water partition coefficient (Wildman–Crippen LogP) is 3.29. The molecule has 0 bridgehead atoms. The van der Waals surface area contributed by atoms with Crippen LogP contribution in [0.1, 0.15) is 21.7 Å². The van der Waals surface area contributed by atoms with Gasteiger partial charge in [-0.15, -0.1) is 35.3 Å². The van der Waals surface area contributed by atoms with Crippen LogP contribution >= 0.6 is 35.3 Å². The number of halogens is 1. The van der Waals surface area contributed by atoms with Crippen molar-refractivity contribution in [3.05, 3.63) is 45.4 Å².